The number of benzene rings is 3. The van der Waals surface area contributed by atoms with E-state index in [1.165, 1.54) is 16.7 Å². The average Bonchev–Trinajstić information content (AvgIpc) is 3.09. The van der Waals surface area contributed by atoms with Crippen LogP contribution in [-0.2, 0) is 4.79 Å². The van der Waals surface area contributed by atoms with E-state index in [0.29, 0.717) is 32.9 Å². The van der Waals surface area contributed by atoms with Crippen molar-refractivity contribution in [3.63, 3.8) is 0 Å². The first kappa shape index (κ1) is 23.5. The molecule has 33 heavy (non-hydrogen) atoms. The lowest BCUT2D eigenvalue weighted by atomic mass is 10.1. The lowest BCUT2D eigenvalue weighted by Crippen LogP contribution is -2.27. The number of esters is 1. The third-order valence-electron chi connectivity index (χ3n) is 4.67. The summed E-state index contributed by atoms with van der Waals surface area (Å²) in [7, 11) is 0. The first-order valence-corrected chi connectivity index (χ1v) is 12.3. The lowest BCUT2D eigenvalue weighted by molar-refractivity contribution is -0.113. The van der Waals surface area contributed by atoms with Gasteiger partial charge in [0.2, 0.25) is 0 Å². The van der Waals surface area contributed by atoms with Crippen molar-refractivity contribution in [2.24, 2.45) is 0 Å². The van der Waals surface area contributed by atoms with Gasteiger partial charge in [0.05, 0.1) is 22.8 Å². The second kappa shape index (κ2) is 10.5. The second-order valence-electron chi connectivity index (χ2n) is 6.86. The minimum atomic E-state index is -0.461. The van der Waals surface area contributed by atoms with E-state index in [2.05, 4.69) is 22.6 Å². The quantitative estimate of drug-likeness (QED) is 0.111. The molecule has 0 aliphatic carbocycles. The van der Waals surface area contributed by atoms with Gasteiger partial charge in [0.15, 0.2) is 15.8 Å². The zero-order valence-corrected chi connectivity index (χ0v) is 21.3. The van der Waals surface area contributed by atoms with E-state index in [0.717, 1.165) is 14.8 Å². The van der Waals surface area contributed by atoms with Crippen LogP contribution in [0.3, 0.4) is 0 Å². The number of thiocarbonyl (C=S) groups is 1. The molecule has 0 atom stereocenters. The van der Waals surface area contributed by atoms with Gasteiger partial charge in [-0.3, -0.25) is 9.69 Å². The summed E-state index contributed by atoms with van der Waals surface area (Å²) in [5, 5.41) is 0. The van der Waals surface area contributed by atoms with Gasteiger partial charge in [-0.25, -0.2) is 4.79 Å². The van der Waals surface area contributed by atoms with Crippen LogP contribution in [0.1, 0.15) is 22.8 Å². The normalized spacial score (nSPS) is 14.6. The van der Waals surface area contributed by atoms with Crippen LogP contribution in [-0.4, -0.2) is 22.8 Å². The molecule has 5 nitrogen and oxygen atoms in total. The van der Waals surface area contributed by atoms with E-state index in [1.807, 2.05) is 49.4 Å². The van der Waals surface area contributed by atoms with E-state index in [4.69, 9.17) is 21.7 Å². The highest BCUT2D eigenvalue weighted by atomic mass is 127. The molecule has 3 aromatic carbocycles. The molecule has 4 rings (SSSR count). The molecule has 1 amide bonds. The van der Waals surface area contributed by atoms with Gasteiger partial charge in [-0.1, -0.05) is 60.4 Å². The molecule has 1 fully saturated rings. The number of para-hydroxylation sites is 1. The van der Waals surface area contributed by atoms with Gasteiger partial charge in [-0.05, 0) is 77.6 Å². The molecule has 0 N–H and O–H groups in total. The minimum Gasteiger partial charge on any atom is -0.490 e. The molecule has 166 valence electrons. The predicted octanol–water partition coefficient (Wildman–Crippen LogP) is 6.31. The largest absolute Gasteiger partial charge is 0.490 e. The number of carbonyl (C=O) groups excluding carboxylic acids is 2. The summed E-state index contributed by atoms with van der Waals surface area (Å²) < 4.78 is 12.6. The summed E-state index contributed by atoms with van der Waals surface area (Å²) in [4.78, 5) is 27.7. The van der Waals surface area contributed by atoms with Crippen molar-refractivity contribution < 1.29 is 19.1 Å². The number of carbonyl (C=O) groups is 2. The molecule has 1 saturated heterocycles. The standard InChI is InChI=1S/C25H18INO4S2/c1-2-30-21-14-16(12-13-20(21)31-24(29)18-10-6-7-11-19(18)26)15-22-23(28)27(25(32)33-22)17-8-4-3-5-9-17/h3-15H,2H2,1H3. The maximum atomic E-state index is 13.0. The van der Waals surface area contributed by atoms with Gasteiger partial charge in [0.1, 0.15) is 0 Å². The Morgan fingerprint density at radius 1 is 1.06 bits per heavy atom. The monoisotopic (exact) mass is 587 g/mol. The van der Waals surface area contributed by atoms with Crippen LogP contribution in [0.5, 0.6) is 11.5 Å². The van der Waals surface area contributed by atoms with Crippen molar-refractivity contribution in [1.29, 1.82) is 0 Å². The molecule has 0 bridgehead atoms. The summed E-state index contributed by atoms with van der Waals surface area (Å²) in [6.07, 6.45) is 1.76. The molecule has 0 unspecified atom stereocenters. The third-order valence-corrected chi connectivity index (χ3v) is 6.91. The van der Waals surface area contributed by atoms with Crippen molar-refractivity contribution in [1.82, 2.24) is 0 Å². The molecule has 0 aromatic heterocycles. The SMILES string of the molecule is CCOc1cc(C=C2SC(=S)N(c3ccccc3)C2=O)ccc1OC(=O)c1ccccc1I. The summed E-state index contributed by atoms with van der Waals surface area (Å²) >= 11 is 8.77. The maximum Gasteiger partial charge on any atom is 0.344 e. The fraction of sp³-hybridized carbons (Fsp3) is 0.0800. The van der Waals surface area contributed by atoms with Crippen molar-refractivity contribution in [3.05, 3.63) is 92.4 Å². The van der Waals surface area contributed by atoms with Gasteiger partial charge in [0.25, 0.3) is 5.91 Å². The fourth-order valence-electron chi connectivity index (χ4n) is 3.17. The fourth-order valence-corrected chi connectivity index (χ4v) is 5.07. The number of halogens is 1. The number of rotatable bonds is 6. The molecular formula is C25H18INO4S2. The lowest BCUT2D eigenvalue weighted by Gasteiger charge is -2.14. The Balaban J connectivity index is 1.59. The van der Waals surface area contributed by atoms with Crippen molar-refractivity contribution in [2.75, 3.05) is 11.5 Å². The maximum absolute atomic E-state index is 13.0. The van der Waals surface area contributed by atoms with E-state index < -0.39 is 5.97 Å². The summed E-state index contributed by atoms with van der Waals surface area (Å²) in [6, 6.07) is 21.7. The highest BCUT2D eigenvalue weighted by molar-refractivity contribution is 14.1. The zero-order chi connectivity index (χ0) is 23.4. The van der Waals surface area contributed by atoms with Crippen LogP contribution in [0, 0.1) is 3.57 Å². The van der Waals surface area contributed by atoms with Gasteiger partial charge < -0.3 is 9.47 Å². The highest BCUT2D eigenvalue weighted by Gasteiger charge is 2.33. The van der Waals surface area contributed by atoms with Crippen molar-refractivity contribution in [3.8, 4) is 11.5 Å². The summed E-state index contributed by atoms with van der Waals surface area (Å²) in [6.45, 7) is 2.25. The predicted molar refractivity (Wildman–Crippen MR) is 144 cm³/mol. The van der Waals surface area contributed by atoms with Crippen molar-refractivity contribution >= 4 is 74.5 Å². The molecular weight excluding hydrogens is 569 g/mol. The van der Waals surface area contributed by atoms with Gasteiger partial charge in [0, 0.05) is 3.57 Å². The number of nitrogens with zero attached hydrogens (tertiary/aromatic N) is 1. The summed E-state index contributed by atoms with van der Waals surface area (Å²) in [5.74, 6) is 0.0975. The van der Waals surface area contributed by atoms with Crippen LogP contribution in [0.2, 0.25) is 0 Å². The number of thioether (sulfide) groups is 1. The molecule has 0 radical (unpaired) electrons. The van der Waals surface area contributed by atoms with Gasteiger partial charge >= 0.3 is 5.97 Å². The Hall–Kier alpha value is -2.69. The molecule has 8 heteroatoms. The molecule has 1 aliphatic heterocycles. The van der Waals surface area contributed by atoms with E-state index >= 15 is 0 Å². The van der Waals surface area contributed by atoms with Gasteiger partial charge in [-0.15, -0.1) is 0 Å². The van der Waals surface area contributed by atoms with Crippen LogP contribution >= 0.6 is 46.6 Å². The average molecular weight is 587 g/mol. The number of ether oxygens (including phenoxy) is 2. The Morgan fingerprint density at radius 3 is 2.52 bits per heavy atom. The van der Waals surface area contributed by atoms with Gasteiger partial charge in [-0.2, -0.15) is 0 Å². The molecule has 1 heterocycles. The number of hydrogen-bond acceptors (Lipinski definition) is 6. The minimum absolute atomic E-state index is 0.177. The van der Waals surface area contributed by atoms with E-state index in [-0.39, 0.29) is 5.91 Å². The topological polar surface area (TPSA) is 55.8 Å². The number of anilines is 1. The first-order valence-electron chi connectivity index (χ1n) is 10.0. The van der Waals surface area contributed by atoms with E-state index in [9.17, 15) is 9.59 Å². The third kappa shape index (κ3) is 5.29. The molecule has 3 aromatic rings. The van der Waals surface area contributed by atoms with Crippen LogP contribution in [0.25, 0.3) is 6.08 Å². The van der Waals surface area contributed by atoms with Crippen LogP contribution < -0.4 is 14.4 Å². The Labute approximate surface area is 214 Å². The molecule has 0 saturated carbocycles. The first-order chi connectivity index (χ1) is 16.0. The number of hydrogen-bond donors (Lipinski definition) is 0. The van der Waals surface area contributed by atoms with E-state index in [1.54, 1.807) is 36.4 Å². The van der Waals surface area contributed by atoms with Crippen molar-refractivity contribution in [2.45, 2.75) is 6.92 Å². The highest BCUT2D eigenvalue weighted by Crippen LogP contribution is 2.37. The number of amides is 1. The van der Waals surface area contributed by atoms with Crippen LogP contribution in [0.15, 0.2) is 77.7 Å². The zero-order valence-electron chi connectivity index (χ0n) is 17.5. The smallest absolute Gasteiger partial charge is 0.344 e. The molecule has 1 aliphatic rings. The summed E-state index contributed by atoms with van der Waals surface area (Å²) in [5.41, 5.74) is 1.95. The van der Waals surface area contributed by atoms with Crippen LogP contribution in [0.4, 0.5) is 5.69 Å². The Kier molecular flexibility index (Phi) is 7.46. The Morgan fingerprint density at radius 2 is 1.79 bits per heavy atom. The second-order valence-corrected chi connectivity index (χ2v) is 9.70. The molecule has 0 spiro atoms. The Bertz CT molecular complexity index is 1260.